The fraction of sp³-hybridized carbons (Fsp3) is 0.0833. The van der Waals surface area contributed by atoms with Gasteiger partial charge in [0.1, 0.15) is 4.90 Å². The molecule has 0 spiro atoms. The number of benzene rings is 3. The van der Waals surface area contributed by atoms with Gasteiger partial charge in [-0.15, -0.1) is 0 Å². The Hall–Kier alpha value is -3.62. The number of methoxy groups -OCH3 is 1. The van der Waals surface area contributed by atoms with E-state index in [0.717, 1.165) is 5.56 Å². The van der Waals surface area contributed by atoms with E-state index in [1.807, 2.05) is 6.92 Å². The summed E-state index contributed by atoms with van der Waals surface area (Å²) in [7, 11) is -2.78. The second-order valence-electron chi connectivity index (χ2n) is 7.07. The number of rotatable bonds is 6. The number of carbonyl (C=O) groups is 1. The number of carbonyl (C=O) groups excluding carboxylic acids is 1. The molecular weight excluding hydrogens is 466 g/mol. The lowest BCUT2D eigenvalue weighted by Gasteiger charge is -2.13. The first-order valence-corrected chi connectivity index (χ1v) is 11.5. The van der Waals surface area contributed by atoms with Crippen molar-refractivity contribution < 1.29 is 26.9 Å². The Morgan fingerprint density at radius 3 is 2.36 bits per heavy atom. The van der Waals surface area contributed by atoms with E-state index in [1.165, 1.54) is 25.3 Å². The van der Waals surface area contributed by atoms with Crippen LogP contribution in [-0.4, -0.2) is 27.4 Å². The Balaban J connectivity index is 1.73. The van der Waals surface area contributed by atoms with Gasteiger partial charge >= 0.3 is 16.1 Å². The minimum Gasteiger partial charge on any atom is -0.493 e. The average Bonchev–Trinajstić information content (AvgIpc) is 3.15. The smallest absolute Gasteiger partial charge is 0.363 e. The Labute approximate surface area is 196 Å². The lowest BCUT2D eigenvalue weighted by molar-refractivity contribution is -0.129. The molecule has 4 rings (SSSR count). The van der Waals surface area contributed by atoms with Gasteiger partial charge in [-0.3, -0.25) is 0 Å². The van der Waals surface area contributed by atoms with Crippen molar-refractivity contribution in [1.29, 1.82) is 0 Å². The normalized spacial score (nSPS) is 14.7. The number of esters is 1. The molecule has 0 saturated heterocycles. The first-order valence-electron chi connectivity index (χ1n) is 9.73. The van der Waals surface area contributed by atoms with Gasteiger partial charge in [0.2, 0.25) is 5.90 Å². The van der Waals surface area contributed by atoms with Crippen LogP contribution in [0.2, 0.25) is 5.02 Å². The zero-order valence-corrected chi connectivity index (χ0v) is 19.2. The standard InChI is InChI=1S/C24H18ClNO6S/c1-15-6-12-19(13-7-15)33(28,29)32-22-17(4-3-5-21(22)30-2)14-20-24(27)31-23(26-20)16-8-10-18(25)11-9-16/h3-14H,1-2H3/b20-14-. The van der Waals surface area contributed by atoms with Crippen LogP contribution in [0.15, 0.2) is 82.3 Å². The summed E-state index contributed by atoms with van der Waals surface area (Å²) in [5.41, 5.74) is 1.73. The molecule has 168 valence electrons. The highest BCUT2D eigenvalue weighted by Crippen LogP contribution is 2.35. The van der Waals surface area contributed by atoms with Crippen molar-refractivity contribution in [1.82, 2.24) is 0 Å². The van der Waals surface area contributed by atoms with Crippen LogP contribution in [-0.2, 0) is 19.6 Å². The highest BCUT2D eigenvalue weighted by atomic mass is 35.5. The monoisotopic (exact) mass is 483 g/mol. The van der Waals surface area contributed by atoms with Crippen molar-refractivity contribution in [3.8, 4) is 11.5 Å². The number of aryl methyl sites for hydroxylation is 1. The van der Waals surface area contributed by atoms with Gasteiger partial charge < -0.3 is 13.7 Å². The number of hydrogen-bond acceptors (Lipinski definition) is 7. The maximum Gasteiger partial charge on any atom is 0.363 e. The van der Waals surface area contributed by atoms with E-state index >= 15 is 0 Å². The molecule has 1 aliphatic heterocycles. The lowest BCUT2D eigenvalue weighted by atomic mass is 10.1. The minimum absolute atomic E-state index is 0.0130. The largest absolute Gasteiger partial charge is 0.493 e. The summed E-state index contributed by atoms with van der Waals surface area (Å²) in [6.07, 6.45) is 1.38. The fourth-order valence-electron chi connectivity index (χ4n) is 3.03. The van der Waals surface area contributed by atoms with Crippen LogP contribution >= 0.6 is 11.6 Å². The van der Waals surface area contributed by atoms with Gasteiger partial charge in [0.25, 0.3) is 0 Å². The van der Waals surface area contributed by atoms with Crippen molar-refractivity contribution in [2.75, 3.05) is 7.11 Å². The number of hydrogen-bond donors (Lipinski definition) is 0. The average molecular weight is 484 g/mol. The predicted octanol–water partition coefficient (Wildman–Crippen LogP) is 4.77. The highest BCUT2D eigenvalue weighted by molar-refractivity contribution is 7.87. The molecule has 3 aromatic carbocycles. The second-order valence-corrected chi connectivity index (χ2v) is 9.05. The Morgan fingerprint density at radius 2 is 1.70 bits per heavy atom. The summed E-state index contributed by atoms with van der Waals surface area (Å²) in [4.78, 5) is 16.6. The summed E-state index contributed by atoms with van der Waals surface area (Å²) in [5, 5.41) is 0.535. The molecular formula is C24H18ClNO6S. The van der Waals surface area contributed by atoms with Gasteiger partial charge in [-0.25, -0.2) is 9.79 Å². The van der Waals surface area contributed by atoms with Crippen molar-refractivity contribution in [2.24, 2.45) is 4.99 Å². The third kappa shape index (κ3) is 4.92. The molecule has 7 nitrogen and oxygen atoms in total. The van der Waals surface area contributed by atoms with Gasteiger partial charge in [-0.2, -0.15) is 8.42 Å². The molecule has 0 aliphatic carbocycles. The van der Waals surface area contributed by atoms with Gasteiger partial charge in [0, 0.05) is 16.1 Å². The van der Waals surface area contributed by atoms with Crippen LogP contribution in [0.1, 0.15) is 16.7 Å². The molecule has 9 heteroatoms. The Kier molecular flexibility index (Phi) is 6.22. The fourth-order valence-corrected chi connectivity index (χ4v) is 4.12. The van der Waals surface area contributed by atoms with E-state index < -0.39 is 16.1 Å². The zero-order valence-electron chi connectivity index (χ0n) is 17.6. The van der Waals surface area contributed by atoms with Gasteiger partial charge in [-0.05, 0) is 55.5 Å². The Bertz CT molecular complexity index is 1380. The molecule has 0 atom stereocenters. The first kappa shape index (κ1) is 22.6. The zero-order chi connectivity index (χ0) is 23.6. The van der Waals surface area contributed by atoms with Crippen LogP contribution in [0.4, 0.5) is 0 Å². The molecule has 0 amide bonds. The summed E-state index contributed by atoms with van der Waals surface area (Å²) in [5.74, 6) is -0.472. The molecule has 0 saturated carbocycles. The SMILES string of the molecule is COc1cccc(/C=C2\N=C(c3ccc(Cl)cc3)OC2=O)c1OS(=O)(=O)c1ccc(C)cc1. The third-order valence-electron chi connectivity index (χ3n) is 4.74. The summed E-state index contributed by atoms with van der Waals surface area (Å²) in [6, 6.07) is 17.7. The van der Waals surface area contributed by atoms with Crippen LogP contribution in [0.25, 0.3) is 6.08 Å². The molecule has 3 aromatic rings. The number of para-hydroxylation sites is 1. The van der Waals surface area contributed by atoms with Gasteiger partial charge in [0.05, 0.1) is 7.11 Å². The number of aliphatic imine (C=N–C) groups is 1. The third-order valence-corrected chi connectivity index (χ3v) is 6.22. The molecule has 0 radical (unpaired) electrons. The molecule has 0 bridgehead atoms. The van der Waals surface area contributed by atoms with Gasteiger partial charge in [0.15, 0.2) is 17.2 Å². The van der Waals surface area contributed by atoms with E-state index in [4.69, 9.17) is 25.3 Å². The highest BCUT2D eigenvalue weighted by Gasteiger charge is 2.26. The van der Waals surface area contributed by atoms with E-state index in [9.17, 15) is 13.2 Å². The van der Waals surface area contributed by atoms with E-state index in [1.54, 1.807) is 54.6 Å². The summed E-state index contributed by atoms with van der Waals surface area (Å²) >= 11 is 5.90. The molecule has 1 aliphatic rings. The van der Waals surface area contributed by atoms with Crippen molar-refractivity contribution >= 4 is 39.7 Å². The van der Waals surface area contributed by atoms with E-state index in [-0.39, 0.29) is 33.6 Å². The predicted molar refractivity (Wildman–Crippen MR) is 124 cm³/mol. The van der Waals surface area contributed by atoms with E-state index in [0.29, 0.717) is 10.6 Å². The summed E-state index contributed by atoms with van der Waals surface area (Å²) < 4.78 is 41.7. The van der Waals surface area contributed by atoms with Gasteiger partial charge in [-0.1, -0.05) is 41.4 Å². The number of ether oxygens (including phenoxy) is 2. The Morgan fingerprint density at radius 1 is 1.00 bits per heavy atom. The maximum absolute atomic E-state index is 12.9. The quantitative estimate of drug-likeness (QED) is 0.285. The van der Waals surface area contributed by atoms with Crippen LogP contribution in [0.5, 0.6) is 11.5 Å². The van der Waals surface area contributed by atoms with Crippen LogP contribution < -0.4 is 8.92 Å². The topological polar surface area (TPSA) is 91.3 Å². The minimum atomic E-state index is -4.16. The van der Waals surface area contributed by atoms with Crippen molar-refractivity contribution in [3.63, 3.8) is 0 Å². The van der Waals surface area contributed by atoms with Crippen LogP contribution in [0.3, 0.4) is 0 Å². The molecule has 0 unspecified atom stereocenters. The van der Waals surface area contributed by atoms with Crippen LogP contribution in [0, 0.1) is 6.92 Å². The lowest BCUT2D eigenvalue weighted by Crippen LogP contribution is -2.11. The number of cyclic esters (lactones) is 1. The molecule has 1 heterocycles. The molecule has 0 N–H and O–H groups in total. The second kappa shape index (κ2) is 9.09. The number of nitrogens with zero attached hydrogens (tertiary/aromatic N) is 1. The van der Waals surface area contributed by atoms with Crippen molar-refractivity contribution in [2.45, 2.75) is 11.8 Å². The van der Waals surface area contributed by atoms with Crippen molar-refractivity contribution in [3.05, 3.63) is 94.1 Å². The first-order chi connectivity index (χ1) is 15.8. The molecule has 33 heavy (non-hydrogen) atoms. The van der Waals surface area contributed by atoms with E-state index in [2.05, 4.69) is 4.99 Å². The summed E-state index contributed by atoms with van der Waals surface area (Å²) in [6.45, 7) is 1.85. The molecule has 0 fully saturated rings. The maximum atomic E-state index is 12.9. The number of halogens is 1. The molecule has 0 aromatic heterocycles.